The van der Waals surface area contributed by atoms with E-state index in [1.807, 2.05) is 72.8 Å². The van der Waals surface area contributed by atoms with E-state index in [1.165, 1.54) is 0 Å². The predicted octanol–water partition coefficient (Wildman–Crippen LogP) is 19.0. The molecule has 0 atom stereocenters. The predicted molar refractivity (Wildman–Crippen MR) is 310 cm³/mol. The van der Waals surface area contributed by atoms with E-state index >= 15 is 0 Å². The number of nitrogens with zero attached hydrogens (tertiary/aromatic N) is 5. The summed E-state index contributed by atoms with van der Waals surface area (Å²) in [5.74, 6) is 0. The molecule has 0 bridgehead atoms. The zero-order chi connectivity index (χ0) is 50.4. The largest absolute Gasteiger partial charge is 0.455 e. The highest BCUT2D eigenvalue weighted by Crippen LogP contribution is 2.52. The van der Waals surface area contributed by atoms with Crippen LogP contribution in [-0.2, 0) is 0 Å². The Bertz CT molecular complexity index is 5210. The van der Waals surface area contributed by atoms with Gasteiger partial charge in [-0.1, -0.05) is 109 Å². The lowest BCUT2D eigenvalue weighted by molar-refractivity contribution is 0.670. The summed E-state index contributed by atoms with van der Waals surface area (Å²) in [6, 6.07) is 70.8. The minimum absolute atomic E-state index is 0.287. The quantitative estimate of drug-likeness (QED) is 0.164. The number of nitriles is 1. The normalized spacial score (nSPS) is 12.4. The van der Waals surface area contributed by atoms with Crippen molar-refractivity contribution in [3.63, 3.8) is 0 Å². The van der Waals surface area contributed by atoms with Crippen LogP contribution in [0.3, 0.4) is 0 Å². The van der Waals surface area contributed by atoms with Gasteiger partial charge in [0.15, 0.2) is 0 Å². The Morgan fingerprint density at radius 1 is 0.325 bits per heavy atom. The molecule has 77 heavy (non-hydrogen) atoms. The molecule has 9 nitrogen and oxygen atoms in total. The molecule has 9 heteroatoms. The summed E-state index contributed by atoms with van der Waals surface area (Å²) in [6.45, 7) is 9.25. The molecule has 0 aliphatic heterocycles. The highest BCUT2D eigenvalue weighted by atomic mass is 16.3. The number of rotatable bonds is 3. The number of hydrogen-bond acceptors (Lipinski definition) is 5. The van der Waals surface area contributed by atoms with E-state index in [1.54, 1.807) is 6.07 Å². The molecule has 0 fully saturated rings. The molecule has 7 aromatic heterocycles. The Hall–Kier alpha value is -11.0. The summed E-state index contributed by atoms with van der Waals surface area (Å²) in [6.07, 6.45) is 0. The highest BCUT2D eigenvalue weighted by Gasteiger charge is 2.33. The Morgan fingerprint density at radius 3 is 0.987 bits per heavy atom. The van der Waals surface area contributed by atoms with Gasteiger partial charge in [0.25, 0.3) is 0 Å². The molecule has 0 aliphatic carbocycles. The molecule has 0 saturated carbocycles. The van der Waals surface area contributed by atoms with Crippen LogP contribution >= 0.6 is 0 Å². The van der Waals surface area contributed by atoms with Crippen molar-refractivity contribution in [3.8, 4) is 23.1 Å². The van der Waals surface area contributed by atoms with E-state index in [4.69, 9.17) is 17.7 Å². The summed E-state index contributed by atoms with van der Waals surface area (Å²) in [5, 5.41) is 25.2. The molecule has 0 aliphatic rings. The van der Waals surface area contributed by atoms with Crippen molar-refractivity contribution in [3.05, 3.63) is 217 Å². The second kappa shape index (κ2) is 14.4. The molecule has 0 saturated heterocycles. The van der Waals surface area contributed by atoms with Gasteiger partial charge in [-0.05, 0) is 91.0 Å². The van der Waals surface area contributed by atoms with Crippen LogP contribution in [0.4, 0.5) is 5.69 Å². The van der Waals surface area contributed by atoms with Crippen LogP contribution in [0.2, 0.25) is 0 Å². The number of furan rings is 4. The van der Waals surface area contributed by atoms with Crippen molar-refractivity contribution < 1.29 is 17.7 Å². The molecule has 0 unspecified atom stereocenters. The lowest BCUT2D eigenvalue weighted by atomic mass is 10.1. The Kier molecular flexibility index (Phi) is 7.57. The zero-order valence-electron chi connectivity index (χ0n) is 40.4. The van der Waals surface area contributed by atoms with Gasteiger partial charge < -0.3 is 31.4 Å². The number of fused-ring (bicyclic) bond motifs is 25. The van der Waals surface area contributed by atoms with E-state index in [-0.39, 0.29) is 5.69 Å². The fraction of sp³-hybridized carbons (Fsp3) is 0. The first-order valence-electron chi connectivity index (χ1n) is 25.5. The zero-order valence-corrected chi connectivity index (χ0v) is 40.4. The second-order valence-corrected chi connectivity index (χ2v) is 20.0. The van der Waals surface area contributed by atoms with Crippen LogP contribution in [0.5, 0.6) is 0 Å². The van der Waals surface area contributed by atoms with E-state index in [2.05, 4.69) is 146 Å². The molecule has 18 rings (SSSR count). The SMILES string of the molecule is [C-]#[N+]c1cc(C#N)c(-n2c3ccc4c5ccccc5oc4c3c3c4oc5ccccc5c4ccc32)c(-n2c3ccccc3c3ccccc32)c1-n1c2ccc3c4ccccc4oc3c2c2c3oc4ccccc4c3ccc21. The molecule has 0 amide bonds. The summed E-state index contributed by atoms with van der Waals surface area (Å²) >= 11 is 0. The van der Waals surface area contributed by atoms with Crippen molar-refractivity contribution in [1.82, 2.24) is 13.7 Å². The highest BCUT2D eigenvalue weighted by molar-refractivity contribution is 6.33. The molecular formula is C68H33N5O4. The summed E-state index contributed by atoms with van der Waals surface area (Å²) in [5.41, 5.74) is 13.3. The Labute approximate surface area is 433 Å². The van der Waals surface area contributed by atoms with Crippen LogP contribution in [0.25, 0.3) is 175 Å². The minimum Gasteiger partial charge on any atom is -0.455 e. The number of hydrogen-bond donors (Lipinski definition) is 0. The number of aromatic nitrogens is 3. The molecule has 0 N–H and O–H groups in total. The molecule has 18 aromatic rings. The van der Waals surface area contributed by atoms with Crippen LogP contribution in [0.1, 0.15) is 5.56 Å². The molecule has 7 heterocycles. The third-order valence-electron chi connectivity index (χ3n) is 16.3. The first kappa shape index (κ1) is 40.5. The van der Waals surface area contributed by atoms with Gasteiger partial charge in [0, 0.05) is 53.9 Å². The molecule has 354 valence electrons. The van der Waals surface area contributed by atoms with Gasteiger partial charge in [-0.2, -0.15) is 5.26 Å². The van der Waals surface area contributed by atoms with Crippen LogP contribution in [0.15, 0.2) is 218 Å². The summed E-state index contributed by atoms with van der Waals surface area (Å²) in [7, 11) is 0. The number of benzene rings is 11. The van der Waals surface area contributed by atoms with Crippen molar-refractivity contribution in [2.75, 3.05) is 0 Å². The molecule has 11 aromatic carbocycles. The topological polar surface area (TPSA) is 95.5 Å². The van der Waals surface area contributed by atoms with E-state index in [0.29, 0.717) is 45.0 Å². The summed E-state index contributed by atoms with van der Waals surface area (Å²) in [4.78, 5) is 4.43. The van der Waals surface area contributed by atoms with Crippen LogP contribution < -0.4 is 0 Å². The molecule has 0 spiro atoms. The maximum absolute atomic E-state index is 11.9. The van der Waals surface area contributed by atoms with E-state index in [0.717, 1.165) is 131 Å². The smallest absolute Gasteiger partial charge is 0.214 e. The average Bonchev–Trinajstić information content (AvgIpc) is 4.49. The van der Waals surface area contributed by atoms with E-state index in [9.17, 15) is 11.8 Å². The number of para-hydroxylation sites is 6. The second-order valence-electron chi connectivity index (χ2n) is 20.0. The van der Waals surface area contributed by atoms with Gasteiger partial charge in [-0.25, -0.2) is 4.85 Å². The summed E-state index contributed by atoms with van der Waals surface area (Å²) < 4.78 is 34.5. The fourth-order valence-corrected chi connectivity index (χ4v) is 13.2. The molecular weight excluding hydrogens is 951 g/mol. The maximum atomic E-state index is 11.9. The first-order valence-corrected chi connectivity index (χ1v) is 25.5. The Morgan fingerprint density at radius 2 is 0.636 bits per heavy atom. The lowest BCUT2D eigenvalue weighted by Crippen LogP contribution is -2.11. The third kappa shape index (κ3) is 5.01. The van der Waals surface area contributed by atoms with Crippen molar-refractivity contribution in [2.24, 2.45) is 0 Å². The van der Waals surface area contributed by atoms with Gasteiger partial charge in [-0.3, -0.25) is 0 Å². The maximum Gasteiger partial charge on any atom is 0.214 e. The van der Waals surface area contributed by atoms with E-state index < -0.39 is 0 Å². The lowest BCUT2D eigenvalue weighted by Gasteiger charge is -2.24. The Balaban J connectivity index is 1.11. The third-order valence-corrected chi connectivity index (χ3v) is 16.3. The minimum atomic E-state index is 0.287. The molecule has 0 radical (unpaired) electrons. The van der Waals surface area contributed by atoms with Gasteiger partial charge in [0.2, 0.25) is 5.69 Å². The fourth-order valence-electron chi connectivity index (χ4n) is 13.2. The van der Waals surface area contributed by atoms with Crippen LogP contribution in [0, 0.1) is 17.9 Å². The van der Waals surface area contributed by atoms with Gasteiger partial charge >= 0.3 is 0 Å². The van der Waals surface area contributed by atoms with Crippen molar-refractivity contribution >= 4 is 159 Å². The van der Waals surface area contributed by atoms with Crippen molar-refractivity contribution in [1.29, 1.82) is 5.26 Å². The average molecular weight is 984 g/mol. The van der Waals surface area contributed by atoms with Crippen LogP contribution in [-0.4, -0.2) is 13.7 Å². The van der Waals surface area contributed by atoms with Gasteiger partial charge in [0.05, 0.1) is 83.8 Å². The van der Waals surface area contributed by atoms with Gasteiger partial charge in [0.1, 0.15) is 50.7 Å². The van der Waals surface area contributed by atoms with Crippen molar-refractivity contribution in [2.45, 2.75) is 0 Å². The first-order chi connectivity index (χ1) is 38.1. The standard InChI is InChI=1S/C68H33N5O4/c1-70-47-34-36(35-69)62(72-50-30-26-43-39-16-4-10-22-54(39)74-65(43)58(50)59-51(72)31-27-44-40-17-5-11-23-55(40)75-66(44)59)64(71-48-20-8-2-14-37(48)38-15-3-9-21-49(38)71)63(47)73-52-32-28-45-41-18-6-12-24-56(41)76-67(45)60(52)61-53(73)33-29-46-42-19-7-13-25-57(42)77-68(46)61/h2-34H. The van der Waals surface area contributed by atoms with Gasteiger partial charge in [-0.15, -0.1) is 0 Å². The monoisotopic (exact) mass is 983 g/mol.